The van der Waals surface area contributed by atoms with Crippen LogP contribution in [-0.2, 0) is 4.79 Å². The molecule has 0 spiro atoms. The van der Waals surface area contributed by atoms with Crippen molar-refractivity contribution in [2.75, 3.05) is 26.2 Å². The van der Waals surface area contributed by atoms with Gasteiger partial charge in [0.1, 0.15) is 0 Å². The first-order chi connectivity index (χ1) is 11.7. The van der Waals surface area contributed by atoms with Crippen LogP contribution in [0.4, 0.5) is 0 Å². The fourth-order valence-corrected chi connectivity index (χ4v) is 4.71. The fourth-order valence-electron chi connectivity index (χ4n) is 3.98. The summed E-state index contributed by atoms with van der Waals surface area (Å²) in [6, 6.07) is 4.32. The molecule has 2 atom stereocenters. The molecule has 4 nitrogen and oxygen atoms in total. The molecule has 3 heterocycles. The van der Waals surface area contributed by atoms with Crippen LogP contribution in [-0.4, -0.2) is 53.0 Å². The first-order valence-corrected chi connectivity index (χ1v) is 10.4. The summed E-state index contributed by atoms with van der Waals surface area (Å²) in [7, 11) is 0. The topological polar surface area (TPSA) is 43.8 Å². The zero-order valence-electron chi connectivity index (χ0n) is 14.5. The second kappa shape index (κ2) is 8.97. The molecular weight excluding hydrogens is 320 g/mol. The van der Waals surface area contributed by atoms with Crippen LogP contribution in [0, 0.1) is 0 Å². The van der Waals surface area contributed by atoms with Crippen molar-refractivity contribution in [3.63, 3.8) is 0 Å². The molecule has 5 heteroatoms. The Kier molecular flexibility index (Phi) is 6.69. The van der Waals surface area contributed by atoms with E-state index in [1.165, 1.54) is 25.7 Å². The van der Waals surface area contributed by atoms with Gasteiger partial charge < -0.3 is 10.0 Å². The predicted molar refractivity (Wildman–Crippen MR) is 98.2 cm³/mol. The highest BCUT2D eigenvalue weighted by Gasteiger charge is 2.28. The number of aliphatic hydroxyl groups is 1. The Hall–Kier alpha value is -0.910. The van der Waals surface area contributed by atoms with Crippen LogP contribution < -0.4 is 0 Å². The van der Waals surface area contributed by atoms with Gasteiger partial charge in [-0.15, -0.1) is 11.3 Å². The first kappa shape index (κ1) is 17.9. The molecule has 3 rings (SSSR count). The highest BCUT2D eigenvalue weighted by molar-refractivity contribution is 7.10. The number of hydrogen-bond donors (Lipinski definition) is 1. The number of hydrogen-bond acceptors (Lipinski definition) is 4. The summed E-state index contributed by atoms with van der Waals surface area (Å²) >= 11 is 1.62. The Morgan fingerprint density at radius 2 is 1.92 bits per heavy atom. The SMILES string of the molecule is O=C(CN1CCCCC[C@@H]1C[C@@H](O)c1cccs1)N1CCCCC1. The number of amides is 1. The van der Waals surface area contributed by atoms with Crippen LogP contribution in [0.25, 0.3) is 0 Å². The molecule has 0 bridgehead atoms. The van der Waals surface area contributed by atoms with Crippen molar-refractivity contribution in [3.8, 4) is 0 Å². The van der Waals surface area contributed by atoms with E-state index in [4.69, 9.17) is 0 Å². The molecule has 0 unspecified atom stereocenters. The van der Waals surface area contributed by atoms with Crippen LogP contribution in [0.1, 0.15) is 62.3 Å². The van der Waals surface area contributed by atoms with Gasteiger partial charge in [0.15, 0.2) is 0 Å². The molecule has 1 amide bonds. The lowest BCUT2D eigenvalue weighted by molar-refractivity contribution is -0.134. The van der Waals surface area contributed by atoms with Gasteiger partial charge in [0.2, 0.25) is 5.91 Å². The predicted octanol–water partition coefficient (Wildman–Crippen LogP) is 3.43. The Morgan fingerprint density at radius 3 is 2.67 bits per heavy atom. The third-order valence-corrected chi connectivity index (χ3v) is 6.39. The van der Waals surface area contributed by atoms with E-state index >= 15 is 0 Å². The lowest BCUT2D eigenvalue weighted by Crippen LogP contribution is -2.46. The van der Waals surface area contributed by atoms with E-state index in [9.17, 15) is 9.90 Å². The third kappa shape index (κ3) is 4.80. The zero-order valence-corrected chi connectivity index (χ0v) is 15.3. The Labute approximate surface area is 149 Å². The minimum atomic E-state index is -0.402. The van der Waals surface area contributed by atoms with E-state index in [-0.39, 0.29) is 5.91 Å². The average Bonchev–Trinajstić information content (AvgIpc) is 3.07. The maximum absolute atomic E-state index is 12.7. The molecule has 2 saturated heterocycles. The minimum Gasteiger partial charge on any atom is -0.388 e. The Morgan fingerprint density at radius 1 is 1.17 bits per heavy atom. The number of rotatable bonds is 5. The van der Waals surface area contributed by atoms with Crippen molar-refractivity contribution in [3.05, 3.63) is 22.4 Å². The monoisotopic (exact) mass is 350 g/mol. The molecule has 0 aliphatic carbocycles. The van der Waals surface area contributed by atoms with Crippen LogP contribution in [0.2, 0.25) is 0 Å². The summed E-state index contributed by atoms with van der Waals surface area (Å²) in [5.41, 5.74) is 0. The Bertz CT molecular complexity index is 499. The lowest BCUT2D eigenvalue weighted by atomic mass is 10.0. The Balaban J connectivity index is 1.60. The largest absolute Gasteiger partial charge is 0.388 e. The molecule has 0 saturated carbocycles. The molecule has 2 fully saturated rings. The van der Waals surface area contributed by atoms with Gasteiger partial charge in [-0.05, 0) is 56.5 Å². The molecular formula is C19H30N2O2S. The molecule has 1 aromatic rings. The van der Waals surface area contributed by atoms with Crippen LogP contribution >= 0.6 is 11.3 Å². The second-order valence-electron chi connectivity index (χ2n) is 7.18. The van der Waals surface area contributed by atoms with E-state index < -0.39 is 6.10 Å². The first-order valence-electron chi connectivity index (χ1n) is 9.47. The zero-order chi connectivity index (χ0) is 16.8. The van der Waals surface area contributed by atoms with Crippen molar-refractivity contribution in [2.45, 2.75) is 63.5 Å². The van der Waals surface area contributed by atoms with Crippen molar-refractivity contribution in [1.82, 2.24) is 9.80 Å². The summed E-state index contributed by atoms with van der Waals surface area (Å²) in [6.45, 7) is 3.37. The normalized spacial score (nSPS) is 24.5. The smallest absolute Gasteiger partial charge is 0.236 e. The van der Waals surface area contributed by atoms with Gasteiger partial charge in [0, 0.05) is 24.0 Å². The molecule has 0 radical (unpaired) electrons. The molecule has 24 heavy (non-hydrogen) atoms. The third-order valence-electron chi connectivity index (χ3n) is 5.41. The van der Waals surface area contributed by atoms with Gasteiger partial charge in [-0.2, -0.15) is 0 Å². The van der Waals surface area contributed by atoms with Gasteiger partial charge in [0.05, 0.1) is 12.6 Å². The van der Waals surface area contributed by atoms with Crippen LogP contribution in [0.15, 0.2) is 17.5 Å². The van der Waals surface area contributed by atoms with Crippen molar-refractivity contribution in [1.29, 1.82) is 0 Å². The number of likely N-dealkylation sites (tertiary alicyclic amines) is 2. The molecule has 2 aliphatic rings. The number of aliphatic hydroxyl groups excluding tert-OH is 1. The van der Waals surface area contributed by atoms with Crippen molar-refractivity contribution in [2.24, 2.45) is 0 Å². The maximum atomic E-state index is 12.7. The summed E-state index contributed by atoms with van der Waals surface area (Å²) in [4.78, 5) is 18.1. The maximum Gasteiger partial charge on any atom is 0.236 e. The summed E-state index contributed by atoms with van der Waals surface area (Å²) < 4.78 is 0. The second-order valence-corrected chi connectivity index (χ2v) is 8.16. The minimum absolute atomic E-state index is 0.284. The van der Waals surface area contributed by atoms with E-state index in [0.29, 0.717) is 12.6 Å². The van der Waals surface area contributed by atoms with Gasteiger partial charge in [-0.3, -0.25) is 9.69 Å². The fraction of sp³-hybridized carbons (Fsp3) is 0.737. The standard InChI is InChI=1S/C19H30N2O2S/c22-17(18-9-7-13-24-18)14-16-8-3-1-4-12-21(16)15-19(23)20-10-5-2-6-11-20/h7,9,13,16-17,22H,1-6,8,10-12,14-15H2/t16-,17-/m1/s1. The van der Waals surface area contributed by atoms with E-state index in [1.54, 1.807) is 11.3 Å². The number of carbonyl (C=O) groups is 1. The number of thiophene rings is 1. The molecule has 134 valence electrons. The van der Waals surface area contributed by atoms with Gasteiger partial charge >= 0.3 is 0 Å². The number of nitrogens with zero attached hydrogens (tertiary/aromatic N) is 2. The quantitative estimate of drug-likeness (QED) is 0.885. The molecule has 1 aromatic heterocycles. The lowest BCUT2D eigenvalue weighted by Gasteiger charge is -2.34. The van der Waals surface area contributed by atoms with Gasteiger partial charge in [-0.1, -0.05) is 18.9 Å². The highest BCUT2D eigenvalue weighted by atomic mass is 32.1. The molecule has 0 aromatic carbocycles. The van der Waals surface area contributed by atoms with E-state index in [2.05, 4.69) is 4.90 Å². The summed E-state index contributed by atoms with van der Waals surface area (Å²) in [5.74, 6) is 0.284. The summed E-state index contributed by atoms with van der Waals surface area (Å²) in [5, 5.41) is 12.6. The van der Waals surface area contributed by atoms with Crippen molar-refractivity contribution >= 4 is 17.2 Å². The van der Waals surface area contributed by atoms with Gasteiger partial charge in [0.25, 0.3) is 0 Å². The van der Waals surface area contributed by atoms with Crippen molar-refractivity contribution < 1.29 is 9.90 Å². The van der Waals surface area contributed by atoms with Gasteiger partial charge in [-0.25, -0.2) is 0 Å². The van der Waals surface area contributed by atoms with Crippen LogP contribution in [0.3, 0.4) is 0 Å². The number of piperidine rings is 1. The van der Waals surface area contributed by atoms with Crippen LogP contribution in [0.5, 0.6) is 0 Å². The molecule has 1 N–H and O–H groups in total. The van der Waals surface area contributed by atoms with E-state index in [1.807, 2.05) is 22.4 Å². The van der Waals surface area contributed by atoms with E-state index in [0.717, 1.165) is 50.2 Å². The highest BCUT2D eigenvalue weighted by Crippen LogP contribution is 2.28. The number of carbonyl (C=O) groups excluding carboxylic acids is 1. The molecule has 2 aliphatic heterocycles. The average molecular weight is 351 g/mol. The summed E-state index contributed by atoms with van der Waals surface area (Å²) in [6.07, 6.45) is 8.58.